The van der Waals surface area contributed by atoms with Crippen molar-refractivity contribution in [1.29, 1.82) is 0 Å². The number of aromatic nitrogens is 5. The monoisotopic (exact) mass is 349 g/mol. The summed E-state index contributed by atoms with van der Waals surface area (Å²) in [6, 6.07) is 18.0. The van der Waals surface area contributed by atoms with Crippen molar-refractivity contribution >= 4 is 11.8 Å². The van der Waals surface area contributed by atoms with Crippen molar-refractivity contribution in [2.45, 2.75) is 17.8 Å². The number of benzene rings is 2. The van der Waals surface area contributed by atoms with Gasteiger partial charge in [0.1, 0.15) is 6.33 Å². The fraction of sp³-hybridized carbons (Fsp3) is 0.111. The van der Waals surface area contributed by atoms with Crippen LogP contribution in [0.25, 0.3) is 17.1 Å². The Hall–Kier alpha value is -2.93. The molecule has 0 unspecified atom stereocenters. The molecule has 0 aliphatic carbocycles. The van der Waals surface area contributed by atoms with Crippen LogP contribution in [0, 0.1) is 6.92 Å². The largest absolute Gasteiger partial charge is 0.420 e. The van der Waals surface area contributed by atoms with Gasteiger partial charge in [0.15, 0.2) is 5.16 Å². The minimum atomic E-state index is 0.531. The summed E-state index contributed by atoms with van der Waals surface area (Å²) in [5.41, 5.74) is 3.10. The summed E-state index contributed by atoms with van der Waals surface area (Å²) in [7, 11) is 0. The van der Waals surface area contributed by atoms with Crippen LogP contribution in [-0.2, 0) is 5.75 Å². The maximum absolute atomic E-state index is 5.77. The molecule has 0 spiro atoms. The van der Waals surface area contributed by atoms with Crippen molar-refractivity contribution in [3.8, 4) is 17.1 Å². The molecule has 0 radical (unpaired) electrons. The zero-order valence-electron chi connectivity index (χ0n) is 13.5. The number of nitrogens with zero attached hydrogens (tertiary/aromatic N) is 5. The maximum Gasteiger partial charge on any atom is 0.247 e. The fourth-order valence-electron chi connectivity index (χ4n) is 2.42. The van der Waals surface area contributed by atoms with Crippen LogP contribution in [-0.4, -0.2) is 25.0 Å². The number of thioether (sulfide) groups is 1. The number of hydrogen-bond donors (Lipinski definition) is 0. The van der Waals surface area contributed by atoms with Crippen LogP contribution in [0.15, 0.2) is 70.5 Å². The van der Waals surface area contributed by atoms with Gasteiger partial charge in [-0.05, 0) is 31.2 Å². The fourth-order valence-corrected chi connectivity index (χ4v) is 3.19. The zero-order chi connectivity index (χ0) is 17.1. The van der Waals surface area contributed by atoms with Gasteiger partial charge < -0.3 is 4.42 Å². The van der Waals surface area contributed by atoms with Gasteiger partial charge in [-0.25, -0.2) is 0 Å². The molecule has 4 rings (SSSR count). The van der Waals surface area contributed by atoms with Crippen molar-refractivity contribution in [2.75, 3.05) is 0 Å². The van der Waals surface area contributed by atoms with Gasteiger partial charge in [-0.3, -0.25) is 4.57 Å². The van der Waals surface area contributed by atoms with Gasteiger partial charge >= 0.3 is 0 Å². The van der Waals surface area contributed by atoms with Gasteiger partial charge in [-0.2, -0.15) is 0 Å². The van der Waals surface area contributed by atoms with E-state index >= 15 is 0 Å². The van der Waals surface area contributed by atoms with Crippen molar-refractivity contribution in [2.24, 2.45) is 0 Å². The molecule has 0 fully saturated rings. The lowest BCUT2D eigenvalue weighted by atomic mass is 10.1. The highest BCUT2D eigenvalue weighted by Gasteiger charge is 2.12. The molecule has 2 heterocycles. The minimum absolute atomic E-state index is 0.531. The third-order valence-corrected chi connectivity index (χ3v) is 4.54. The zero-order valence-corrected chi connectivity index (χ0v) is 14.3. The number of hydrogen-bond acceptors (Lipinski definition) is 6. The van der Waals surface area contributed by atoms with Crippen molar-refractivity contribution in [1.82, 2.24) is 25.0 Å². The van der Waals surface area contributed by atoms with Gasteiger partial charge in [0.25, 0.3) is 0 Å². The van der Waals surface area contributed by atoms with E-state index in [1.54, 1.807) is 6.33 Å². The second-order valence-electron chi connectivity index (χ2n) is 5.48. The summed E-state index contributed by atoms with van der Waals surface area (Å²) in [4.78, 5) is 0. The average Bonchev–Trinajstić information content (AvgIpc) is 3.30. The molecule has 7 heteroatoms. The first-order valence-electron chi connectivity index (χ1n) is 7.77. The van der Waals surface area contributed by atoms with E-state index in [2.05, 4.69) is 20.4 Å². The summed E-state index contributed by atoms with van der Waals surface area (Å²) in [5.74, 6) is 1.62. The van der Waals surface area contributed by atoms with Crippen molar-refractivity contribution in [3.63, 3.8) is 0 Å². The van der Waals surface area contributed by atoms with Gasteiger partial charge in [0, 0.05) is 11.3 Å². The molecule has 0 N–H and O–H groups in total. The summed E-state index contributed by atoms with van der Waals surface area (Å²) in [5, 5.41) is 17.2. The van der Waals surface area contributed by atoms with E-state index in [0.29, 0.717) is 17.5 Å². The predicted molar refractivity (Wildman–Crippen MR) is 95.4 cm³/mol. The van der Waals surface area contributed by atoms with Crippen molar-refractivity contribution < 1.29 is 4.42 Å². The normalized spacial score (nSPS) is 10.9. The van der Waals surface area contributed by atoms with E-state index in [-0.39, 0.29) is 0 Å². The number of rotatable bonds is 5. The summed E-state index contributed by atoms with van der Waals surface area (Å²) in [6.45, 7) is 2.03. The van der Waals surface area contributed by atoms with Crippen LogP contribution in [0.2, 0.25) is 0 Å². The van der Waals surface area contributed by atoms with E-state index in [1.807, 2.05) is 66.1 Å². The molecule has 6 nitrogen and oxygen atoms in total. The third-order valence-electron chi connectivity index (χ3n) is 3.61. The SMILES string of the molecule is Cc1cccc(-c2nnc(CSc3nncn3-c3ccccc3)o2)c1. The molecule has 124 valence electrons. The van der Waals surface area contributed by atoms with Gasteiger partial charge in [-0.15, -0.1) is 20.4 Å². The first-order chi connectivity index (χ1) is 12.3. The summed E-state index contributed by atoms with van der Waals surface area (Å²) >= 11 is 1.51. The number of para-hydroxylation sites is 1. The molecule has 2 aromatic heterocycles. The van der Waals surface area contributed by atoms with Gasteiger partial charge in [-0.1, -0.05) is 47.7 Å². The molecule has 0 aliphatic heterocycles. The smallest absolute Gasteiger partial charge is 0.247 e. The second-order valence-corrected chi connectivity index (χ2v) is 6.42. The topological polar surface area (TPSA) is 69.6 Å². The Morgan fingerprint density at radius 2 is 1.88 bits per heavy atom. The van der Waals surface area contributed by atoms with E-state index in [0.717, 1.165) is 22.0 Å². The van der Waals surface area contributed by atoms with Crippen LogP contribution < -0.4 is 0 Å². The molecule has 0 saturated heterocycles. The molecule has 0 aliphatic rings. The van der Waals surface area contributed by atoms with Gasteiger partial charge in [0.05, 0.1) is 5.75 Å². The summed E-state index contributed by atoms with van der Waals surface area (Å²) in [6.07, 6.45) is 1.70. The van der Waals surface area contributed by atoms with Crippen LogP contribution in [0.3, 0.4) is 0 Å². The highest BCUT2D eigenvalue weighted by Crippen LogP contribution is 2.25. The molecular formula is C18H15N5OS. The number of aryl methyl sites for hydroxylation is 1. The van der Waals surface area contributed by atoms with Crippen molar-refractivity contribution in [3.05, 3.63) is 72.4 Å². The van der Waals surface area contributed by atoms with Gasteiger partial charge in [0.2, 0.25) is 11.8 Å². The third kappa shape index (κ3) is 3.46. The van der Waals surface area contributed by atoms with Crippen LogP contribution in [0.5, 0.6) is 0 Å². The lowest BCUT2D eigenvalue weighted by Crippen LogP contribution is -1.94. The Morgan fingerprint density at radius 3 is 2.72 bits per heavy atom. The van der Waals surface area contributed by atoms with E-state index in [1.165, 1.54) is 11.8 Å². The van der Waals surface area contributed by atoms with Crippen LogP contribution >= 0.6 is 11.8 Å². The Bertz CT molecular complexity index is 980. The molecule has 0 amide bonds. The average molecular weight is 349 g/mol. The molecule has 2 aromatic carbocycles. The van der Waals surface area contributed by atoms with E-state index < -0.39 is 0 Å². The highest BCUT2D eigenvalue weighted by atomic mass is 32.2. The standard InChI is InChI=1S/C18H15N5OS/c1-13-6-5-7-14(10-13)17-21-20-16(24-17)11-25-18-22-19-12-23(18)15-8-3-2-4-9-15/h2-10,12H,11H2,1H3. The molecule has 0 atom stereocenters. The lowest BCUT2D eigenvalue weighted by molar-refractivity contribution is 0.528. The molecule has 0 bridgehead atoms. The molecule has 0 saturated carbocycles. The second kappa shape index (κ2) is 6.90. The Labute approximate surface area is 148 Å². The quantitative estimate of drug-likeness (QED) is 0.509. The van der Waals surface area contributed by atoms with Crippen LogP contribution in [0.1, 0.15) is 11.5 Å². The van der Waals surface area contributed by atoms with E-state index in [4.69, 9.17) is 4.42 Å². The summed E-state index contributed by atoms with van der Waals surface area (Å²) < 4.78 is 7.70. The van der Waals surface area contributed by atoms with E-state index in [9.17, 15) is 0 Å². The predicted octanol–water partition coefficient (Wildman–Crippen LogP) is 3.92. The van der Waals surface area contributed by atoms with Crippen LogP contribution in [0.4, 0.5) is 0 Å². The first-order valence-corrected chi connectivity index (χ1v) is 8.76. The Morgan fingerprint density at radius 1 is 1.00 bits per heavy atom. The lowest BCUT2D eigenvalue weighted by Gasteiger charge is -2.04. The maximum atomic E-state index is 5.77. The Balaban J connectivity index is 1.49. The highest BCUT2D eigenvalue weighted by molar-refractivity contribution is 7.98. The first kappa shape index (κ1) is 15.6. The molecule has 25 heavy (non-hydrogen) atoms. The Kier molecular flexibility index (Phi) is 4.30. The minimum Gasteiger partial charge on any atom is -0.420 e. The molecular weight excluding hydrogens is 334 g/mol. The molecule has 4 aromatic rings.